The molecule has 0 rings (SSSR count). The Hall–Kier alpha value is -0.220. The number of hydrogen-bond acceptors (Lipinski definition) is 1. The fourth-order valence-corrected chi connectivity index (χ4v) is 1.31. The van der Waals surface area contributed by atoms with Gasteiger partial charge in [0.2, 0.25) is 0 Å². The second-order valence-corrected chi connectivity index (χ2v) is 4.43. The Morgan fingerprint density at radius 2 is 2.00 bits per heavy atom. The molecule has 0 unspecified atom stereocenters. The summed E-state index contributed by atoms with van der Waals surface area (Å²) < 4.78 is 0.959. The van der Waals surface area contributed by atoms with E-state index in [-0.39, 0.29) is 0 Å². The molecular formula is C6H17N3S+2. The number of amidine groups is 1. The van der Waals surface area contributed by atoms with Crippen molar-refractivity contribution in [3.63, 3.8) is 0 Å². The van der Waals surface area contributed by atoms with E-state index in [1.165, 1.54) is 11.8 Å². The molecular weight excluding hydrogens is 146 g/mol. The summed E-state index contributed by atoms with van der Waals surface area (Å²) in [4.78, 5) is 0. The SMILES string of the molecule is C[N+](C)(C)CCSC(N)=[NH2+]. The minimum atomic E-state index is 0.466. The molecule has 60 valence electrons. The lowest BCUT2D eigenvalue weighted by atomic mass is 10.6. The van der Waals surface area contributed by atoms with Crippen molar-refractivity contribution in [2.75, 3.05) is 33.4 Å². The Morgan fingerprint density at radius 1 is 1.50 bits per heavy atom. The van der Waals surface area contributed by atoms with Gasteiger partial charge in [-0.05, 0) is 11.8 Å². The molecule has 0 aromatic rings. The molecule has 0 aliphatic heterocycles. The summed E-state index contributed by atoms with van der Waals surface area (Å²) >= 11 is 1.51. The molecule has 3 nitrogen and oxygen atoms in total. The van der Waals surface area contributed by atoms with Crippen molar-refractivity contribution >= 4 is 16.9 Å². The van der Waals surface area contributed by atoms with Crippen LogP contribution in [-0.2, 0) is 0 Å². The molecule has 10 heavy (non-hydrogen) atoms. The lowest BCUT2D eigenvalue weighted by Crippen LogP contribution is -2.44. The zero-order valence-corrected chi connectivity index (χ0v) is 7.74. The minimum absolute atomic E-state index is 0.466. The molecule has 0 aliphatic carbocycles. The first kappa shape index (κ1) is 9.78. The highest BCUT2D eigenvalue weighted by atomic mass is 32.2. The Balaban J connectivity index is 3.29. The van der Waals surface area contributed by atoms with Gasteiger partial charge in [0, 0.05) is 0 Å². The number of thioether (sulfide) groups is 1. The molecule has 0 fully saturated rings. The van der Waals surface area contributed by atoms with Gasteiger partial charge < -0.3 is 4.48 Å². The zero-order chi connectivity index (χ0) is 8.20. The van der Waals surface area contributed by atoms with Gasteiger partial charge in [-0.15, -0.1) is 0 Å². The average Bonchev–Trinajstić information content (AvgIpc) is 1.59. The van der Waals surface area contributed by atoms with E-state index < -0.39 is 0 Å². The third-order valence-corrected chi connectivity index (χ3v) is 1.75. The lowest BCUT2D eigenvalue weighted by Gasteiger charge is -2.22. The third-order valence-electron chi connectivity index (χ3n) is 1.03. The lowest BCUT2D eigenvalue weighted by molar-refractivity contribution is -0.867. The standard InChI is InChI=1S/C6H16N3S/c1-9(2,3)4-5-10-6(7)8/h4-5H2,1-3H3,(H3,7,8)/q+1/p+1. The molecule has 0 atom stereocenters. The van der Waals surface area contributed by atoms with Crippen molar-refractivity contribution in [2.45, 2.75) is 0 Å². The third kappa shape index (κ3) is 7.78. The molecule has 0 saturated heterocycles. The fourth-order valence-electron chi connectivity index (χ4n) is 0.437. The number of rotatable bonds is 3. The predicted molar refractivity (Wildman–Crippen MR) is 46.5 cm³/mol. The van der Waals surface area contributed by atoms with Crippen LogP contribution in [-0.4, -0.2) is 43.1 Å². The Morgan fingerprint density at radius 3 is 2.30 bits per heavy atom. The van der Waals surface area contributed by atoms with Crippen LogP contribution >= 0.6 is 11.8 Å². The van der Waals surface area contributed by atoms with Gasteiger partial charge in [0.05, 0.1) is 33.4 Å². The van der Waals surface area contributed by atoms with Crippen LogP contribution in [0.3, 0.4) is 0 Å². The normalized spacial score (nSPS) is 11.5. The molecule has 0 aromatic heterocycles. The van der Waals surface area contributed by atoms with Crippen molar-refractivity contribution in [2.24, 2.45) is 5.73 Å². The van der Waals surface area contributed by atoms with Crippen molar-refractivity contribution < 1.29 is 9.89 Å². The summed E-state index contributed by atoms with van der Waals surface area (Å²) in [6.45, 7) is 1.09. The largest absolute Gasteiger partial charge is 0.330 e. The minimum Gasteiger partial charge on any atom is -0.330 e. The van der Waals surface area contributed by atoms with Gasteiger partial charge in [0.25, 0.3) is 5.17 Å². The van der Waals surface area contributed by atoms with E-state index in [4.69, 9.17) is 11.1 Å². The van der Waals surface area contributed by atoms with Crippen LogP contribution in [0, 0.1) is 0 Å². The molecule has 0 heterocycles. The zero-order valence-electron chi connectivity index (χ0n) is 6.92. The highest BCUT2D eigenvalue weighted by Crippen LogP contribution is 1.98. The van der Waals surface area contributed by atoms with Gasteiger partial charge in [0.1, 0.15) is 0 Å². The van der Waals surface area contributed by atoms with E-state index in [0.717, 1.165) is 16.8 Å². The first-order valence-electron chi connectivity index (χ1n) is 3.23. The van der Waals surface area contributed by atoms with Crippen LogP contribution in [0.4, 0.5) is 0 Å². The maximum absolute atomic E-state index is 5.27. The average molecular weight is 163 g/mol. The second kappa shape index (κ2) is 3.83. The van der Waals surface area contributed by atoms with E-state index in [1.807, 2.05) is 0 Å². The fraction of sp³-hybridized carbons (Fsp3) is 0.833. The molecule has 0 radical (unpaired) electrons. The van der Waals surface area contributed by atoms with Crippen LogP contribution in [0.2, 0.25) is 0 Å². The maximum atomic E-state index is 5.27. The predicted octanol–water partition coefficient (Wildman–Crippen LogP) is -1.50. The van der Waals surface area contributed by atoms with Crippen molar-refractivity contribution in [3.05, 3.63) is 0 Å². The highest BCUT2D eigenvalue weighted by Gasteiger charge is 2.07. The number of nitrogens with zero attached hydrogens (tertiary/aromatic N) is 1. The number of nitrogens with two attached hydrogens (primary N) is 2. The van der Waals surface area contributed by atoms with Gasteiger partial charge in [0.15, 0.2) is 0 Å². The Kier molecular flexibility index (Phi) is 3.75. The highest BCUT2D eigenvalue weighted by molar-refractivity contribution is 8.13. The van der Waals surface area contributed by atoms with Gasteiger partial charge in [-0.1, -0.05) is 0 Å². The molecule has 0 aliphatic rings. The van der Waals surface area contributed by atoms with E-state index in [1.54, 1.807) is 0 Å². The van der Waals surface area contributed by atoms with E-state index >= 15 is 0 Å². The first-order chi connectivity index (χ1) is 4.42. The molecule has 0 bridgehead atoms. The molecule has 4 N–H and O–H groups in total. The van der Waals surface area contributed by atoms with Gasteiger partial charge in [-0.25, -0.2) is 0 Å². The summed E-state index contributed by atoms with van der Waals surface area (Å²) in [5, 5.41) is 5.74. The molecule has 0 saturated carbocycles. The van der Waals surface area contributed by atoms with Gasteiger partial charge >= 0.3 is 0 Å². The van der Waals surface area contributed by atoms with Gasteiger partial charge in [-0.2, -0.15) is 0 Å². The summed E-state index contributed by atoms with van der Waals surface area (Å²) in [5.41, 5.74) is 5.27. The first-order valence-corrected chi connectivity index (χ1v) is 4.21. The van der Waals surface area contributed by atoms with Crippen molar-refractivity contribution in [3.8, 4) is 0 Å². The molecule has 4 heteroatoms. The van der Waals surface area contributed by atoms with Crippen LogP contribution in [0.25, 0.3) is 0 Å². The quantitative estimate of drug-likeness (QED) is 0.302. The molecule has 0 amide bonds. The number of quaternary nitrogens is 1. The van der Waals surface area contributed by atoms with E-state index in [2.05, 4.69) is 21.1 Å². The van der Waals surface area contributed by atoms with Crippen LogP contribution in [0.15, 0.2) is 0 Å². The van der Waals surface area contributed by atoms with Gasteiger partial charge in [-0.3, -0.25) is 11.1 Å². The van der Waals surface area contributed by atoms with Crippen molar-refractivity contribution in [1.82, 2.24) is 0 Å². The molecule has 0 spiro atoms. The van der Waals surface area contributed by atoms with Crippen LogP contribution in [0.5, 0.6) is 0 Å². The monoisotopic (exact) mass is 163 g/mol. The topological polar surface area (TPSA) is 51.6 Å². The van der Waals surface area contributed by atoms with Crippen LogP contribution in [0.1, 0.15) is 0 Å². The van der Waals surface area contributed by atoms with Crippen LogP contribution < -0.4 is 11.1 Å². The summed E-state index contributed by atoms with van der Waals surface area (Å²) in [5.74, 6) is 0.992. The van der Waals surface area contributed by atoms with Crippen molar-refractivity contribution in [1.29, 1.82) is 0 Å². The summed E-state index contributed by atoms with van der Waals surface area (Å²) in [6.07, 6.45) is 0. The molecule has 0 aromatic carbocycles. The smallest absolute Gasteiger partial charge is 0.299 e. The maximum Gasteiger partial charge on any atom is 0.299 e. The summed E-state index contributed by atoms with van der Waals surface area (Å²) in [6, 6.07) is 0. The Bertz CT molecular complexity index is 117. The summed E-state index contributed by atoms with van der Waals surface area (Å²) in [7, 11) is 6.44. The Labute approximate surface area is 66.7 Å². The van der Waals surface area contributed by atoms with E-state index in [9.17, 15) is 0 Å². The van der Waals surface area contributed by atoms with E-state index in [0.29, 0.717) is 5.17 Å². The second-order valence-electron chi connectivity index (χ2n) is 3.26. The number of hydrogen-bond donors (Lipinski definition) is 2.